The van der Waals surface area contributed by atoms with Crippen LogP contribution in [0, 0.1) is 0 Å². The molecule has 0 bridgehead atoms. The van der Waals surface area contributed by atoms with Crippen molar-refractivity contribution in [2.45, 2.75) is 37.8 Å². The molecule has 6 nitrogen and oxygen atoms in total. The van der Waals surface area contributed by atoms with Crippen molar-refractivity contribution in [3.05, 3.63) is 40.3 Å². The summed E-state index contributed by atoms with van der Waals surface area (Å²) in [6.45, 7) is 0. The van der Waals surface area contributed by atoms with E-state index in [1.807, 2.05) is 0 Å². The van der Waals surface area contributed by atoms with Gasteiger partial charge in [0.05, 0.1) is 5.39 Å². The van der Waals surface area contributed by atoms with Gasteiger partial charge in [-0.1, -0.05) is 18.2 Å². The molecule has 0 spiro atoms. The lowest BCUT2D eigenvalue weighted by Gasteiger charge is -2.26. The molecule has 110 valence electrons. The minimum atomic E-state index is -0.286. The summed E-state index contributed by atoms with van der Waals surface area (Å²) in [6, 6.07) is 7.35. The molecule has 0 atom stereocenters. The molecular weight excluding hydrogens is 268 g/mol. The summed E-state index contributed by atoms with van der Waals surface area (Å²) in [5, 5.41) is 10.3. The number of nitrogens with zero attached hydrogens (tertiary/aromatic N) is 1. The molecule has 1 saturated carbocycles. The van der Waals surface area contributed by atoms with Crippen molar-refractivity contribution in [2.24, 2.45) is 5.73 Å². The van der Waals surface area contributed by atoms with Gasteiger partial charge < -0.3 is 11.1 Å². The van der Waals surface area contributed by atoms with Crippen molar-refractivity contribution in [2.75, 3.05) is 0 Å². The molecule has 1 fully saturated rings. The molecule has 0 saturated heterocycles. The van der Waals surface area contributed by atoms with Gasteiger partial charge in [-0.3, -0.25) is 9.59 Å². The molecule has 21 heavy (non-hydrogen) atoms. The maximum Gasteiger partial charge on any atom is 0.272 e. The molecule has 3 rings (SSSR count). The van der Waals surface area contributed by atoms with E-state index in [1.54, 1.807) is 24.3 Å². The number of hydrogen-bond donors (Lipinski definition) is 3. The fraction of sp³-hybridized carbons (Fsp3) is 0.400. The first-order valence-corrected chi connectivity index (χ1v) is 7.19. The van der Waals surface area contributed by atoms with Gasteiger partial charge in [0.25, 0.3) is 11.5 Å². The molecule has 1 aliphatic rings. The van der Waals surface area contributed by atoms with Crippen LogP contribution in [-0.2, 0) is 0 Å². The van der Waals surface area contributed by atoms with E-state index in [9.17, 15) is 9.59 Å². The number of aromatic amines is 1. The lowest BCUT2D eigenvalue weighted by molar-refractivity contribution is 0.0921. The van der Waals surface area contributed by atoms with Crippen molar-refractivity contribution in [3.8, 4) is 0 Å². The van der Waals surface area contributed by atoms with Gasteiger partial charge in [-0.2, -0.15) is 5.10 Å². The third-order valence-electron chi connectivity index (χ3n) is 4.02. The number of nitrogens with two attached hydrogens (primary N) is 1. The number of nitrogens with one attached hydrogen (secondary N) is 2. The Morgan fingerprint density at radius 2 is 1.86 bits per heavy atom. The van der Waals surface area contributed by atoms with Gasteiger partial charge in [0.15, 0.2) is 5.69 Å². The first-order chi connectivity index (χ1) is 10.1. The first-order valence-electron chi connectivity index (χ1n) is 7.19. The van der Waals surface area contributed by atoms with E-state index in [0.29, 0.717) is 10.8 Å². The second-order valence-corrected chi connectivity index (χ2v) is 5.53. The van der Waals surface area contributed by atoms with E-state index in [-0.39, 0.29) is 29.2 Å². The fourth-order valence-electron chi connectivity index (χ4n) is 2.81. The van der Waals surface area contributed by atoms with Crippen LogP contribution in [0.2, 0.25) is 0 Å². The number of benzene rings is 1. The number of aromatic nitrogens is 2. The van der Waals surface area contributed by atoms with Gasteiger partial charge >= 0.3 is 0 Å². The molecule has 4 N–H and O–H groups in total. The zero-order chi connectivity index (χ0) is 14.8. The van der Waals surface area contributed by atoms with Crippen LogP contribution in [0.4, 0.5) is 0 Å². The zero-order valence-corrected chi connectivity index (χ0v) is 11.6. The Bertz CT molecular complexity index is 717. The molecule has 1 heterocycles. The molecular formula is C15H18N4O2. The number of H-pyrrole nitrogens is 1. The zero-order valence-electron chi connectivity index (χ0n) is 11.6. The van der Waals surface area contributed by atoms with Crippen LogP contribution in [0.5, 0.6) is 0 Å². The smallest absolute Gasteiger partial charge is 0.272 e. The summed E-state index contributed by atoms with van der Waals surface area (Å²) in [5.41, 5.74) is 5.84. The van der Waals surface area contributed by atoms with Gasteiger partial charge in [-0.25, -0.2) is 5.10 Å². The van der Waals surface area contributed by atoms with Crippen LogP contribution in [0.3, 0.4) is 0 Å². The van der Waals surface area contributed by atoms with E-state index in [2.05, 4.69) is 15.5 Å². The van der Waals surface area contributed by atoms with Gasteiger partial charge in [0.1, 0.15) is 0 Å². The molecule has 2 aromatic rings. The second kappa shape index (κ2) is 5.65. The number of hydrogen-bond acceptors (Lipinski definition) is 4. The summed E-state index contributed by atoms with van der Waals surface area (Å²) >= 11 is 0. The SMILES string of the molecule is NC1CCC(NC(=O)c2n[nH]c(=O)c3ccccc23)CC1. The quantitative estimate of drug-likeness (QED) is 0.764. The number of carbonyl (C=O) groups excluding carboxylic acids is 1. The van der Waals surface area contributed by atoms with Crippen LogP contribution in [0.1, 0.15) is 36.2 Å². The van der Waals surface area contributed by atoms with Crippen LogP contribution in [-0.4, -0.2) is 28.2 Å². The van der Waals surface area contributed by atoms with Crippen molar-refractivity contribution >= 4 is 16.7 Å². The maximum absolute atomic E-state index is 12.4. The Morgan fingerprint density at radius 3 is 2.57 bits per heavy atom. The maximum atomic E-state index is 12.4. The highest BCUT2D eigenvalue weighted by Crippen LogP contribution is 2.18. The summed E-state index contributed by atoms with van der Waals surface area (Å²) in [6.07, 6.45) is 3.61. The highest BCUT2D eigenvalue weighted by atomic mass is 16.2. The minimum Gasteiger partial charge on any atom is -0.348 e. The summed E-state index contributed by atoms with van der Waals surface area (Å²) < 4.78 is 0. The molecule has 0 aliphatic heterocycles. The van der Waals surface area contributed by atoms with Crippen LogP contribution < -0.4 is 16.6 Å². The Hall–Kier alpha value is -2.21. The van der Waals surface area contributed by atoms with Crippen molar-refractivity contribution in [1.82, 2.24) is 15.5 Å². The third-order valence-corrected chi connectivity index (χ3v) is 4.02. The average molecular weight is 286 g/mol. The predicted octanol–water partition coefficient (Wildman–Crippen LogP) is 0.923. The van der Waals surface area contributed by atoms with Crippen molar-refractivity contribution in [3.63, 3.8) is 0 Å². The monoisotopic (exact) mass is 286 g/mol. The van der Waals surface area contributed by atoms with E-state index < -0.39 is 0 Å². The number of rotatable bonds is 2. The number of fused-ring (bicyclic) bond motifs is 1. The highest BCUT2D eigenvalue weighted by Gasteiger charge is 2.22. The topological polar surface area (TPSA) is 101 Å². The van der Waals surface area contributed by atoms with Gasteiger partial charge in [-0.15, -0.1) is 0 Å². The average Bonchev–Trinajstić information content (AvgIpc) is 2.50. The van der Waals surface area contributed by atoms with Crippen LogP contribution >= 0.6 is 0 Å². The van der Waals surface area contributed by atoms with Crippen molar-refractivity contribution < 1.29 is 4.79 Å². The Morgan fingerprint density at radius 1 is 1.19 bits per heavy atom. The molecule has 0 unspecified atom stereocenters. The van der Waals surface area contributed by atoms with E-state index in [0.717, 1.165) is 25.7 Å². The molecule has 1 aliphatic carbocycles. The molecule has 1 aromatic carbocycles. The largest absolute Gasteiger partial charge is 0.348 e. The van der Waals surface area contributed by atoms with Gasteiger partial charge in [0, 0.05) is 17.5 Å². The first kappa shape index (κ1) is 13.8. The van der Waals surface area contributed by atoms with E-state index in [4.69, 9.17) is 5.73 Å². The van der Waals surface area contributed by atoms with Crippen LogP contribution in [0.25, 0.3) is 10.8 Å². The predicted molar refractivity (Wildman–Crippen MR) is 80.1 cm³/mol. The second-order valence-electron chi connectivity index (χ2n) is 5.53. The molecule has 1 aromatic heterocycles. The summed E-state index contributed by atoms with van der Waals surface area (Å²) in [5.74, 6) is -0.247. The van der Waals surface area contributed by atoms with Crippen molar-refractivity contribution in [1.29, 1.82) is 0 Å². The fourth-order valence-corrected chi connectivity index (χ4v) is 2.81. The minimum absolute atomic E-state index is 0.129. The molecule has 0 radical (unpaired) electrons. The van der Waals surface area contributed by atoms with E-state index >= 15 is 0 Å². The normalized spacial score (nSPS) is 22.1. The Balaban J connectivity index is 1.85. The summed E-state index contributed by atoms with van der Waals surface area (Å²) in [7, 11) is 0. The number of amides is 1. The Kier molecular flexibility index (Phi) is 3.70. The Labute approximate surface area is 121 Å². The molecule has 1 amide bonds. The summed E-state index contributed by atoms with van der Waals surface area (Å²) in [4.78, 5) is 24.1. The highest BCUT2D eigenvalue weighted by molar-refractivity contribution is 6.04. The molecule has 6 heteroatoms. The standard InChI is InChI=1S/C15H18N4O2/c16-9-5-7-10(8-6-9)17-15(21)13-11-3-1-2-4-12(11)14(20)19-18-13/h1-4,9-10H,5-8,16H2,(H,17,21)(H,19,20). The third kappa shape index (κ3) is 2.80. The lowest BCUT2D eigenvalue weighted by atomic mass is 9.92. The van der Waals surface area contributed by atoms with Crippen LogP contribution in [0.15, 0.2) is 29.1 Å². The van der Waals surface area contributed by atoms with E-state index in [1.165, 1.54) is 0 Å². The van der Waals surface area contributed by atoms with Gasteiger partial charge in [0.2, 0.25) is 0 Å². The lowest BCUT2D eigenvalue weighted by Crippen LogP contribution is -2.41. The number of carbonyl (C=O) groups is 1. The van der Waals surface area contributed by atoms with Gasteiger partial charge in [-0.05, 0) is 31.7 Å².